The van der Waals surface area contributed by atoms with Gasteiger partial charge in [0.15, 0.2) is 0 Å². The molecule has 0 fully saturated rings. The van der Waals surface area contributed by atoms with Gasteiger partial charge in [0, 0.05) is 18.3 Å². The Morgan fingerprint density at radius 3 is 2.29 bits per heavy atom. The molecule has 1 N–H and O–H groups in total. The minimum atomic E-state index is -4.19. The average Bonchev–Trinajstić information content (AvgIpc) is 2.24. The number of aryl methyl sites for hydroxylation is 1. The van der Waals surface area contributed by atoms with Crippen LogP contribution in [0.5, 0.6) is 0 Å². The third-order valence-corrected chi connectivity index (χ3v) is 3.27. The molecule has 0 aliphatic heterocycles. The van der Waals surface area contributed by atoms with Gasteiger partial charge in [-0.15, -0.1) is 0 Å². The minimum absolute atomic E-state index is 0.0252. The Bertz CT molecular complexity index is 335. The smallest absolute Gasteiger partial charge is 0.396 e. The van der Waals surface area contributed by atoms with Crippen molar-refractivity contribution in [1.29, 1.82) is 0 Å². The molecule has 96 valence electrons. The van der Waals surface area contributed by atoms with Gasteiger partial charge >= 0.3 is 5.51 Å². The van der Waals surface area contributed by atoms with Gasteiger partial charge in [0.05, 0.1) is 0 Å². The quantitative estimate of drug-likeness (QED) is 0.874. The van der Waals surface area contributed by atoms with E-state index in [1.807, 2.05) is 31.2 Å². The lowest BCUT2D eigenvalue weighted by Crippen LogP contribution is -2.08. The van der Waals surface area contributed by atoms with Crippen molar-refractivity contribution in [3.8, 4) is 0 Å². The predicted octanol–water partition coefficient (Wildman–Crippen LogP) is 3.71. The molecule has 0 aliphatic carbocycles. The van der Waals surface area contributed by atoms with Crippen LogP contribution in [-0.2, 0) is 0 Å². The van der Waals surface area contributed by atoms with E-state index in [1.165, 1.54) is 0 Å². The molecule has 1 aromatic carbocycles. The molecule has 1 aromatic rings. The predicted molar refractivity (Wildman–Crippen MR) is 64.1 cm³/mol. The number of alkyl halides is 3. The third kappa shape index (κ3) is 5.46. The lowest BCUT2D eigenvalue weighted by atomic mass is 9.97. The molecule has 1 unspecified atom stereocenters. The molecule has 0 radical (unpaired) electrons. The molecular formula is C12H15F3OS. The Labute approximate surface area is 103 Å². The Morgan fingerprint density at radius 2 is 1.82 bits per heavy atom. The standard InChI is InChI=1S/C12H15F3OS/c1-9-2-4-10(5-3-9)11(8-16)6-7-17-12(13,14)15/h2-5,11,16H,6-8H2,1H3. The summed E-state index contributed by atoms with van der Waals surface area (Å²) in [6.45, 7) is 1.82. The SMILES string of the molecule is Cc1ccc(C(CO)CCSC(F)(F)F)cc1. The lowest BCUT2D eigenvalue weighted by Gasteiger charge is -2.15. The fourth-order valence-corrected chi connectivity index (χ4v) is 2.15. The van der Waals surface area contributed by atoms with Gasteiger partial charge in [-0.25, -0.2) is 0 Å². The molecule has 1 atom stereocenters. The first-order chi connectivity index (χ1) is 7.92. The molecule has 0 heterocycles. The largest absolute Gasteiger partial charge is 0.441 e. The molecule has 0 spiro atoms. The summed E-state index contributed by atoms with van der Waals surface area (Å²) in [5.41, 5.74) is -2.20. The first-order valence-electron chi connectivity index (χ1n) is 5.30. The van der Waals surface area contributed by atoms with Crippen molar-refractivity contribution in [2.75, 3.05) is 12.4 Å². The summed E-state index contributed by atoms with van der Waals surface area (Å²) in [7, 11) is 0. The highest BCUT2D eigenvalue weighted by atomic mass is 32.2. The molecular weight excluding hydrogens is 249 g/mol. The molecule has 0 saturated carbocycles. The van der Waals surface area contributed by atoms with E-state index in [4.69, 9.17) is 0 Å². The summed E-state index contributed by atoms with van der Waals surface area (Å²) < 4.78 is 35.9. The summed E-state index contributed by atoms with van der Waals surface area (Å²) in [5.74, 6) is -0.242. The summed E-state index contributed by atoms with van der Waals surface area (Å²) in [6, 6.07) is 7.51. The van der Waals surface area contributed by atoms with Crippen molar-refractivity contribution >= 4 is 11.8 Å². The normalized spacial score (nSPS) is 13.7. The first-order valence-corrected chi connectivity index (χ1v) is 6.29. The molecule has 1 rings (SSSR count). The zero-order valence-electron chi connectivity index (χ0n) is 9.50. The minimum Gasteiger partial charge on any atom is -0.396 e. The van der Waals surface area contributed by atoms with Crippen LogP contribution in [0.25, 0.3) is 0 Å². The van der Waals surface area contributed by atoms with E-state index < -0.39 is 5.51 Å². The molecule has 1 nitrogen and oxygen atoms in total. The van der Waals surface area contributed by atoms with Gasteiger partial charge in [-0.05, 0) is 18.9 Å². The van der Waals surface area contributed by atoms with E-state index in [1.54, 1.807) is 0 Å². The molecule has 0 bridgehead atoms. The second-order valence-electron chi connectivity index (χ2n) is 3.87. The van der Waals surface area contributed by atoms with Crippen LogP contribution in [0.4, 0.5) is 13.2 Å². The van der Waals surface area contributed by atoms with E-state index in [-0.39, 0.29) is 30.0 Å². The lowest BCUT2D eigenvalue weighted by molar-refractivity contribution is -0.0328. The van der Waals surface area contributed by atoms with Gasteiger partial charge in [0.25, 0.3) is 0 Å². The number of aliphatic hydroxyl groups excluding tert-OH is 1. The number of thioether (sulfide) groups is 1. The highest BCUT2D eigenvalue weighted by molar-refractivity contribution is 8.00. The van der Waals surface area contributed by atoms with Crippen molar-refractivity contribution in [2.24, 2.45) is 0 Å². The highest BCUT2D eigenvalue weighted by Crippen LogP contribution is 2.32. The van der Waals surface area contributed by atoms with E-state index in [0.717, 1.165) is 11.1 Å². The fourth-order valence-electron chi connectivity index (χ4n) is 1.52. The van der Waals surface area contributed by atoms with Crippen molar-refractivity contribution in [2.45, 2.75) is 24.8 Å². The van der Waals surface area contributed by atoms with Crippen LogP contribution in [-0.4, -0.2) is 23.0 Å². The number of aliphatic hydroxyl groups is 1. The van der Waals surface area contributed by atoms with Crippen molar-refractivity contribution in [3.05, 3.63) is 35.4 Å². The molecule has 5 heteroatoms. The molecule has 0 aliphatic rings. The second kappa shape index (κ2) is 6.31. The maximum absolute atomic E-state index is 12.0. The Hall–Kier alpha value is -0.680. The van der Waals surface area contributed by atoms with Gasteiger partial charge in [-0.1, -0.05) is 41.6 Å². The summed E-state index contributed by atoms with van der Waals surface area (Å²) >= 11 is -0.0360. The van der Waals surface area contributed by atoms with Crippen LogP contribution in [0.15, 0.2) is 24.3 Å². The van der Waals surface area contributed by atoms with Gasteiger partial charge in [-0.2, -0.15) is 13.2 Å². The van der Waals surface area contributed by atoms with E-state index in [9.17, 15) is 18.3 Å². The van der Waals surface area contributed by atoms with Crippen LogP contribution >= 0.6 is 11.8 Å². The zero-order valence-corrected chi connectivity index (χ0v) is 10.3. The third-order valence-electron chi connectivity index (χ3n) is 2.50. The summed E-state index contributed by atoms with van der Waals surface area (Å²) in [4.78, 5) is 0. The number of rotatable bonds is 5. The maximum atomic E-state index is 12.0. The van der Waals surface area contributed by atoms with Gasteiger partial charge in [0.1, 0.15) is 0 Å². The Morgan fingerprint density at radius 1 is 1.24 bits per heavy atom. The highest BCUT2D eigenvalue weighted by Gasteiger charge is 2.28. The van der Waals surface area contributed by atoms with Crippen molar-refractivity contribution in [3.63, 3.8) is 0 Å². The zero-order chi connectivity index (χ0) is 12.9. The number of benzene rings is 1. The number of hydrogen-bond acceptors (Lipinski definition) is 2. The monoisotopic (exact) mass is 264 g/mol. The topological polar surface area (TPSA) is 20.2 Å². The molecule has 0 aromatic heterocycles. The molecule has 0 amide bonds. The van der Waals surface area contributed by atoms with Crippen molar-refractivity contribution in [1.82, 2.24) is 0 Å². The maximum Gasteiger partial charge on any atom is 0.441 e. The summed E-state index contributed by atoms with van der Waals surface area (Å²) in [6.07, 6.45) is 0.323. The van der Waals surface area contributed by atoms with Crippen LogP contribution in [0, 0.1) is 6.92 Å². The van der Waals surface area contributed by atoms with Gasteiger partial charge in [-0.3, -0.25) is 0 Å². The molecule has 17 heavy (non-hydrogen) atoms. The summed E-state index contributed by atoms with van der Waals surface area (Å²) in [5, 5.41) is 9.19. The Kier molecular flexibility index (Phi) is 5.33. The van der Waals surface area contributed by atoms with Gasteiger partial charge in [0.2, 0.25) is 0 Å². The van der Waals surface area contributed by atoms with Crippen LogP contribution in [0.1, 0.15) is 23.5 Å². The average molecular weight is 264 g/mol. The van der Waals surface area contributed by atoms with E-state index in [0.29, 0.717) is 6.42 Å². The number of hydrogen-bond donors (Lipinski definition) is 1. The molecule has 0 saturated heterocycles. The van der Waals surface area contributed by atoms with Gasteiger partial charge < -0.3 is 5.11 Å². The Balaban J connectivity index is 2.51. The van der Waals surface area contributed by atoms with Crippen molar-refractivity contribution < 1.29 is 18.3 Å². The second-order valence-corrected chi connectivity index (χ2v) is 5.03. The first kappa shape index (κ1) is 14.4. The fraction of sp³-hybridized carbons (Fsp3) is 0.500. The van der Waals surface area contributed by atoms with E-state index in [2.05, 4.69) is 0 Å². The number of halogens is 3. The van der Waals surface area contributed by atoms with Crippen LogP contribution in [0.3, 0.4) is 0 Å². The van der Waals surface area contributed by atoms with Crippen LogP contribution in [0.2, 0.25) is 0 Å². The van der Waals surface area contributed by atoms with Crippen LogP contribution < -0.4 is 0 Å². The van der Waals surface area contributed by atoms with E-state index >= 15 is 0 Å².